The maximum absolute atomic E-state index is 11.4. The monoisotopic (exact) mass is 231 g/mol. The summed E-state index contributed by atoms with van der Waals surface area (Å²) in [4.78, 5) is 21.8. The molecule has 16 heavy (non-hydrogen) atoms. The van der Waals surface area contributed by atoms with Gasteiger partial charge in [-0.1, -0.05) is 13.8 Å². The molecule has 0 heterocycles. The Hall–Kier alpha value is -1.10. The molecule has 0 fully saturated rings. The van der Waals surface area contributed by atoms with Gasteiger partial charge in [-0.05, 0) is 19.3 Å². The lowest BCUT2D eigenvalue weighted by atomic mass is 10.0. The van der Waals surface area contributed by atoms with Crippen molar-refractivity contribution in [3.05, 3.63) is 0 Å². The van der Waals surface area contributed by atoms with Crippen LogP contribution in [0, 0.1) is 5.92 Å². The second-order valence-corrected chi connectivity index (χ2v) is 4.24. The fourth-order valence-electron chi connectivity index (χ4n) is 1.39. The molecule has 0 rings (SSSR count). The van der Waals surface area contributed by atoms with Crippen molar-refractivity contribution in [3.8, 4) is 0 Å². The zero-order chi connectivity index (χ0) is 12.7. The van der Waals surface area contributed by atoms with Crippen LogP contribution in [-0.4, -0.2) is 36.2 Å². The van der Waals surface area contributed by atoms with Crippen LogP contribution in [-0.2, 0) is 14.3 Å². The van der Waals surface area contributed by atoms with E-state index >= 15 is 0 Å². The number of esters is 1. The van der Waals surface area contributed by atoms with Gasteiger partial charge in [-0.2, -0.15) is 0 Å². The van der Waals surface area contributed by atoms with Crippen LogP contribution in [0.2, 0.25) is 0 Å². The van der Waals surface area contributed by atoms with Crippen molar-refractivity contribution in [1.82, 2.24) is 5.32 Å². The van der Waals surface area contributed by atoms with E-state index < -0.39 is 5.97 Å². The van der Waals surface area contributed by atoms with Crippen LogP contribution in [0.15, 0.2) is 0 Å². The highest BCUT2D eigenvalue weighted by atomic mass is 16.5. The van der Waals surface area contributed by atoms with Crippen LogP contribution in [0.5, 0.6) is 0 Å². The molecule has 0 saturated heterocycles. The fourth-order valence-corrected chi connectivity index (χ4v) is 1.39. The first-order valence-corrected chi connectivity index (χ1v) is 5.44. The van der Waals surface area contributed by atoms with E-state index in [0.29, 0.717) is 6.42 Å². The molecule has 0 aromatic carbocycles. The van der Waals surface area contributed by atoms with Gasteiger partial charge in [0.05, 0.1) is 7.11 Å². The third kappa shape index (κ3) is 5.70. The van der Waals surface area contributed by atoms with Crippen LogP contribution in [0.25, 0.3) is 0 Å². The molecule has 5 heteroatoms. The molecule has 94 valence electrons. The number of nitrogens with one attached hydrogen (secondary N) is 1. The number of carboxylic acids is 1. The predicted octanol–water partition coefficient (Wildman–Crippen LogP) is 1.03. The molecule has 2 N–H and O–H groups in total. The van der Waals surface area contributed by atoms with Crippen molar-refractivity contribution < 1.29 is 19.4 Å². The van der Waals surface area contributed by atoms with E-state index in [2.05, 4.69) is 10.1 Å². The number of hydrogen-bond acceptors (Lipinski definition) is 4. The molecule has 0 aromatic heterocycles. The molecule has 1 unspecified atom stereocenters. The van der Waals surface area contributed by atoms with E-state index in [1.807, 2.05) is 20.8 Å². The molecule has 0 amide bonds. The molecule has 0 radical (unpaired) electrons. The van der Waals surface area contributed by atoms with Gasteiger partial charge >= 0.3 is 11.9 Å². The zero-order valence-electron chi connectivity index (χ0n) is 10.3. The molecule has 0 saturated carbocycles. The van der Waals surface area contributed by atoms with Crippen LogP contribution >= 0.6 is 0 Å². The second-order valence-electron chi connectivity index (χ2n) is 4.24. The number of aliphatic carboxylic acids is 1. The van der Waals surface area contributed by atoms with E-state index in [1.54, 1.807) is 0 Å². The first kappa shape index (κ1) is 14.9. The van der Waals surface area contributed by atoms with Gasteiger partial charge in [-0.15, -0.1) is 0 Å². The third-order valence-corrected chi connectivity index (χ3v) is 2.38. The molecule has 0 aliphatic rings. The van der Waals surface area contributed by atoms with Crippen molar-refractivity contribution in [2.45, 2.75) is 45.7 Å². The van der Waals surface area contributed by atoms with Crippen LogP contribution in [0.4, 0.5) is 0 Å². The highest BCUT2D eigenvalue weighted by Gasteiger charge is 2.24. The molecule has 0 aromatic rings. The standard InChI is InChI=1S/C11H21NO4/c1-7(2)10(11(15)16-4)12-8(3)5-6-9(13)14/h7-8,10,12H,5-6H2,1-4H3,(H,13,14)/t8?,10-/m0/s1. The maximum atomic E-state index is 11.4. The van der Waals surface area contributed by atoms with E-state index in [4.69, 9.17) is 5.11 Å². The minimum Gasteiger partial charge on any atom is -0.481 e. The Morgan fingerprint density at radius 3 is 2.25 bits per heavy atom. The van der Waals surface area contributed by atoms with Crippen molar-refractivity contribution >= 4 is 11.9 Å². The number of methoxy groups -OCH3 is 1. The summed E-state index contributed by atoms with van der Waals surface area (Å²) in [5.41, 5.74) is 0. The van der Waals surface area contributed by atoms with Gasteiger partial charge in [0.2, 0.25) is 0 Å². The van der Waals surface area contributed by atoms with Gasteiger partial charge in [0.25, 0.3) is 0 Å². The molecule has 0 spiro atoms. The van der Waals surface area contributed by atoms with Crippen LogP contribution in [0.3, 0.4) is 0 Å². The van der Waals surface area contributed by atoms with E-state index in [0.717, 1.165) is 0 Å². The lowest BCUT2D eigenvalue weighted by Crippen LogP contribution is -2.46. The molecule has 0 bridgehead atoms. The summed E-state index contributed by atoms with van der Waals surface area (Å²) < 4.78 is 4.68. The Labute approximate surface area is 96.2 Å². The summed E-state index contributed by atoms with van der Waals surface area (Å²) in [6.07, 6.45) is 0.593. The SMILES string of the molecule is COC(=O)[C@@H](NC(C)CCC(=O)O)C(C)C. The van der Waals surface area contributed by atoms with E-state index in [-0.39, 0.29) is 30.4 Å². The number of carboxylic acid groups (broad SMARTS) is 1. The summed E-state index contributed by atoms with van der Waals surface area (Å²) in [6, 6.07) is -0.406. The van der Waals surface area contributed by atoms with Gasteiger partial charge in [-0.3, -0.25) is 9.59 Å². The van der Waals surface area contributed by atoms with Gasteiger partial charge in [-0.25, -0.2) is 0 Å². The molecular formula is C11H21NO4. The van der Waals surface area contributed by atoms with Crippen molar-refractivity contribution in [3.63, 3.8) is 0 Å². The largest absolute Gasteiger partial charge is 0.481 e. The quantitative estimate of drug-likeness (QED) is 0.640. The molecule has 0 aliphatic carbocycles. The normalized spacial score (nSPS) is 14.6. The number of rotatable bonds is 7. The van der Waals surface area contributed by atoms with Gasteiger partial charge in [0, 0.05) is 12.5 Å². The second kappa shape index (κ2) is 7.22. The van der Waals surface area contributed by atoms with Gasteiger partial charge < -0.3 is 15.2 Å². The first-order chi connectivity index (χ1) is 7.38. The maximum Gasteiger partial charge on any atom is 0.323 e. The average Bonchev–Trinajstić information content (AvgIpc) is 2.21. The Kier molecular flexibility index (Phi) is 6.72. The van der Waals surface area contributed by atoms with Gasteiger partial charge in [0.15, 0.2) is 0 Å². The summed E-state index contributed by atoms with van der Waals surface area (Å²) in [6.45, 7) is 5.69. The Balaban J connectivity index is 4.18. The van der Waals surface area contributed by atoms with E-state index in [9.17, 15) is 9.59 Å². The molecule has 2 atom stereocenters. The summed E-state index contributed by atoms with van der Waals surface area (Å²) in [5.74, 6) is -1.02. The average molecular weight is 231 g/mol. The summed E-state index contributed by atoms with van der Waals surface area (Å²) >= 11 is 0. The lowest BCUT2D eigenvalue weighted by molar-refractivity contribution is -0.144. The Morgan fingerprint density at radius 1 is 1.31 bits per heavy atom. The molecular weight excluding hydrogens is 210 g/mol. The van der Waals surface area contributed by atoms with Crippen molar-refractivity contribution in [2.75, 3.05) is 7.11 Å². The lowest BCUT2D eigenvalue weighted by Gasteiger charge is -2.23. The number of carbonyl (C=O) groups excluding carboxylic acids is 1. The Bertz CT molecular complexity index is 240. The highest BCUT2D eigenvalue weighted by molar-refractivity contribution is 5.76. The minimum absolute atomic E-state index is 0.0254. The first-order valence-electron chi connectivity index (χ1n) is 5.44. The summed E-state index contributed by atoms with van der Waals surface area (Å²) in [5, 5.41) is 11.6. The number of hydrogen-bond donors (Lipinski definition) is 2. The topological polar surface area (TPSA) is 75.6 Å². The molecule has 0 aliphatic heterocycles. The zero-order valence-corrected chi connectivity index (χ0v) is 10.3. The third-order valence-electron chi connectivity index (χ3n) is 2.38. The predicted molar refractivity (Wildman–Crippen MR) is 60.1 cm³/mol. The summed E-state index contributed by atoms with van der Waals surface area (Å²) in [7, 11) is 1.35. The van der Waals surface area contributed by atoms with Crippen molar-refractivity contribution in [2.24, 2.45) is 5.92 Å². The van der Waals surface area contributed by atoms with Crippen LogP contribution < -0.4 is 5.32 Å². The fraction of sp³-hybridized carbons (Fsp3) is 0.818. The highest BCUT2D eigenvalue weighted by Crippen LogP contribution is 2.07. The number of carbonyl (C=O) groups is 2. The smallest absolute Gasteiger partial charge is 0.323 e. The Morgan fingerprint density at radius 2 is 1.88 bits per heavy atom. The minimum atomic E-state index is -0.826. The van der Waals surface area contributed by atoms with Crippen LogP contribution in [0.1, 0.15) is 33.6 Å². The number of ether oxygens (including phenoxy) is 1. The van der Waals surface area contributed by atoms with Gasteiger partial charge in [0.1, 0.15) is 6.04 Å². The van der Waals surface area contributed by atoms with Crippen molar-refractivity contribution in [1.29, 1.82) is 0 Å². The molecule has 5 nitrogen and oxygen atoms in total. The van der Waals surface area contributed by atoms with E-state index in [1.165, 1.54) is 7.11 Å².